The summed E-state index contributed by atoms with van der Waals surface area (Å²) in [4.78, 5) is 0. The number of hydrogen-bond donors (Lipinski definition) is 2. The van der Waals surface area contributed by atoms with Crippen LogP contribution in [0.15, 0.2) is 18.2 Å². The average molecular weight is 322 g/mol. The Balaban J connectivity index is 2.71. The first-order valence-corrected chi connectivity index (χ1v) is 5.72. The van der Waals surface area contributed by atoms with E-state index in [2.05, 4.69) is 0 Å². The van der Waals surface area contributed by atoms with E-state index in [1.54, 1.807) is 12.1 Å². The molecule has 0 bridgehead atoms. The Labute approximate surface area is 97.7 Å². The van der Waals surface area contributed by atoms with Crippen LogP contribution in [0.2, 0.25) is 0 Å². The Kier molecular flexibility index (Phi) is 2.78. The molecule has 0 spiro atoms. The molecule has 0 fully saturated rings. The predicted octanol–water partition coefficient (Wildman–Crippen LogP) is 1.32. The standard InChI is InChI=1S/C8H5BFIO2S/c10-5-2-1-4-3-6(9(12)13)14-8(4)7(5)11/h1-3,12-13H. The highest BCUT2D eigenvalue weighted by atomic mass is 127. The predicted molar refractivity (Wildman–Crippen MR) is 64.3 cm³/mol. The summed E-state index contributed by atoms with van der Waals surface area (Å²) in [5, 5.41) is 18.7. The molecule has 0 saturated heterocycles. The first-order valence-electron chi connectivity index (χ1n) is 3.83. The number of thiophene rings is 1. The van der Waals surface area contributed by atoms with E-state index in [-0.39, 0.29) is 5.82 Å². The number of benzene rings is 1. The molecule has 2 N–H and O–H groups in total. The van der Waals surface area contributed by atoms with Gasteiger partial charge in [0.1, 0.15) is 5.82 Å². The van der Waals surface area contributed by atoms with Crippen molar-refractivity contribution in [1.82, 2.24) is 0 Å². The number of hydrogen-bond acceptors (Lipinski definition) is 3. The molecule has 0 aliphatic carbocycles. The number of halogens is 2. The zero-order chi connectivity index (χ0) is 10.3. The summed E-state index contributed by atoms with van der Waals surface area (Å²) < 4.78 is 14.9. The fourth-order valence-electron chi connectivity index (χ4n) is 1.19. The van der Waals surface area contributed by atoms with Gasteiger partial charge in [0, 0.05) is 4.78 Å². The largest absolute Gasteiger partial charge is 0.499 e. The van der Waals surface area contributed by atoms with Crippen molar-refractivity contribution in [3.05, 3.63) is 27.6 Å². The van der Waals surface area contributed by atoms with Gasteiger partial charge in [-0.1, -0.05) is 6.07 Å². The van der Waals surface area contributed by atoms with Crippen LogP contribution < -0.4 is 4.78 Å². The Morgan fingerprint density at radius 3 is 2.71 bits per heavy atom. The molecule has 0 unspecified atom stereocenters. The van der Waals surface area contributed by atoms with Crippen molar-refractivity contribution in [2.75, 3.05) is 0 Å². The summed E-state index contributed by atoms with van der Waals surface area (Å²) in [5.41, 5.74) is 0. The van der Waals surface area contributed by atoms with Crippen molar-refractivity contribution in [2.45, 2.75) is 0 Å². The van der Waals surface area contributed by atoms with Gasteiger partial charge in [0.15, 0.2) is 0 Å². The summed E-state index contributed by atoms with van der Waals surface area (Å²) in [7, 11) is -1.48. The van der Waals surface area contributed by atoms with E-state index in [4.69, 9.17) is 10.0 Å². The lowest BCUT2D eigenvalue weighted by Crippen LogP contribution is -2.26. The maximum atomic E-state index is 13.1. The molecular formula is C8H5BFIO2S. The molecule has 0 amide bonds. The zero-order valence-corrected chi connectivity index (χ0v) is 9.84. The Hall–Kier alpha value is -0.175. The van der Waals surface area contributed by atoms with Crippen molar-refractivity contribution < 1.29 is 14.4 Å². The van der Waals surface area contributed by atoms with Crippen LogP contribution in [-0.4, -0.2) is 17.2 Å². The minimum Gasteiger partial charge on any atom is -0.423 e. The van der Waals surface area contributed by atoms with Crippen molar-refractivity contribution in [1.29, 1.82) is 0 Å². The summed E-state index contributed by atoms with van der Waals surface area (Å²) in [6, 6.07) is 4.67. The average Bonchev–Trinajstić information content (AvgIpc) is 2.56. The van der Waals surface area contributed by atoms with E-state index < -0.39 is 7.12 Å². The molecule has 0 radical (unpaired) electrons. The molecule has 0 saturated carbocycles. The van der Waals surface area contributed by atoms with E-state index in [1.165, 1.54) is 17.4 Å². The van der Waals surface area contributed by atoms with Crippen molar-refractivity contribution in [3.63, 3.8) is 0 Å². The van der Waals surface area contributed by atoms with E-state index in [0.29, 0.717) is 8.35 Å². The summed E-state index contributed by atoms with van der Waals surface area (Å²) in [6.07, 6.45) is 0. The summed E-state index contributed by atoms with van der Waals surface area (Å²) in [6.45, 7) is 0. The van der Waals surface area contributed by atoms with Gasteiger partial charge in [0.2, 0.25) is 0 Å². The molecule has 1 aromatic carbocycles. The lowest BCUT2D eigenvalue weighted by atomic mass is 9.89. The van der Waals surface area contributed by atoms with Crippen LogP contribution in [0.4, 0.5) is 4.39 Å². The van der Waals surface area contributed by atoms with Gasteiger partial charge in [0.05, 0.1) is 8.27 Å². The lowest BCUT2D eigenvalue weighted by molar-refractivity contribution is 0.427. The smallest absolute Gasteiger partial charge is 0.423 e. The quantitative estimate of drug-likeness (QED) is 0.614. The minimum absolute atomic E-state index is 0.279. The summed E-state index contributed by atoms with van der Waals surface area (Å²) in [5.74, 6) is -0.279. The molecule has 0 aliphatic heterocycles. The molecule has 2 nitrogen and oxygen atoms in total. The second kappa shape index (κ2) is 3.76. The highest BCUT2D eigenvalue weighted by molar-refractivity contribution is 14.1. The minimum atomic E-state index is -1.48. The van der Waals surface area contributed by atoms with Gasteiger partial charge in [-0.2, -0.15) is 0 Å². The molecular weight excluding hydrogens is 317 g/mol. The van der Waals surface area contributed by atoms with Gasteiger partial charge >= 0.3 is 7.12 Å². The first kappa shape index (κ1) is 10.3. The third kappa shape index (κ3) is 1.67. The second-order valence-electron chi connectivity index (χ2n) is 2.80. The zero-order valence-electron chi connectivity index (χ0n) is 6.87. The van der Waals surface area contributed by atoms with Gasteiger partial charge in [-0.3, -0.25) is 0 Å². The lowest BCUT2D eigenvalue weighted by Gasteiger charge is -1.94. The van der Waals surface area contributed by atoms with E-state index in [0.717, 1.165) is 10.1 Å². The maximum Gasteiger partial charge on any atom is 0.499 e. The van der Waals surface area contributed by atoms with E-state index >= 15 is 0 Å². The van der Waals surface area contributed by atoms with Crippen molar-refractivity contribution in [3.8, 4) is 0 Å². The van der Waals surface area contributed by atoms with Crippen molar-refractivity contribution >= 4 is 55.9 Å². The van der Waals surface area contributed by atoms with Crippen LogP contribution in [0.5, 0.6) is 0 Å². The normalized spacial score (nSPS) is 10.9. The molecule has 2 aromatic rings. The first-order chi connectivity index (χ1) is 6.59. The number of fused-ring (bicyclic) bond motifs is 1. The Morgan fingerprint density at radius 2 is 2.07 bits per heavy atom. The topological polar surface area (TPSA) is 40.5 Å². The SMILES string of the molecule is OB(O)c1cc2ccc(F)c(I)c2s1. The maximum absolute atomic E-state index is 13.1. The Morgan fingerprint density at radius 1 is 1.36 bits per heavy atom. The van der Waals surface area contributed by atoms with Gasteiger partial charge < -0.3 is 10.0 Å². The van der Waals surface area contributed by atoms with Crippen LogP contribution in [0, 0.1) is 9.39 Å². The second-order valence-corrected chi connectivity index (χ2v) is 4.96. The highest BCUT2D eigenvalue weighted by Gasteiger charge is 2.16. The molecule has 72 valence electrons. The Bertz CT molecular complexity index is 485. The van der Waals surface area contributed by atoms with Gasteiger partial charge in [-0.05, 0) is 40.1 Å². The van der Waals surface area contributed by atoms with Crippen molar-refractivity contribution in [2.24, 2.45) is 0 Å². The van der Waals surface area contributed by atoms with Crippen LogP contribution in [0.3, 0.4) is 0 Å². The third-order valence-electron chi connectivity index (χ3n) is 1.85. The van der Waals surface area contributed by atoms with Gasteiger partial charge in [-0.15, -0.1) is 11.3 Å². The molecule has 1 aromatic heterocycles. The highest BCUT2D eigenvalue weighted by Crippen LogP contribution is 2.27. The molecule has 0 atom stereocenters. The molecule has 2 rings (SSSR count). The molecule has 0 aliphatic rings. The fraction of sp³-hybridized carbons (Fsp3) is 0. The van der Waals surface area contributed by atoms with Crippen LogP contribution in [-0.2, 0) is 0 Å². The fourth-order valence-corrected chi connectivity index (χ4v) is 2.97. The molecule has 6 heteroatoms. The molecule has 14 heavy (non-hydrogen) atoms. The van der Waals surface area contributed by atoms with Crippen LogP contribution in [0.1, 0.15) is 0 Å². The van der Waals surface area contributed by atoms with Gasteiger partial charge in [-0.25, -0.2) is 4.39 Å². The van der Waals surface area contributed by atoms with E-state index in [1.807, 2.05) is 22.6 Å². The number of rotatable bonds is 1. The third-order valence-corrected chi connectivity index (χ3v) is 4.48. The van der Waals surface area contributed by atoms with Crippen LogP contribution >= 0.6 is 33.9 Å². The summed E-state index contributed by atoms with van der Waals surface area (Å²) >= 11 is 3.11. The molecule has 1 heterocycles. The van der Waals surface area contributed by atoms with Gasteiger partial charge in [0.25, 0.3) is 0 Å². The monoisotopic (exact) mass is 322 g/mol. The van der Waals surface area contributed by atoms with E-state index in [9.17, 15) is 4.39 Å². The van der Waals surface area contributed by atoms with Crippen LogP contribution in [0.25, 0.3) is 10.1 Å².